The third-order valence-electron chi connectivity index (χ3n) is 5.92. The molecule has 1 N–H and O–H groups in total. The molecule has 168 valence electrons. The Hall–Kier alpha value is -3.29. The summed E-state index contributed by atoms with van der Waals surface area (Å²) in [7, 11) is 0. The van der Waals surface area contributed by atoms with Crippen LogP contribution >= 0.6 is 0 Å². The Labute approximate surface area is 187 Å². The maximum absolute atomic E-state index is 13.2. The standard InChI is InChI=1S/C25H27NO6/c1-3-25(18-27)24(2,30)21(14-15-31-16-19-10-6-4-7-11-19)22(28)26(25)23(29)32-17-20-12-8-5-9-13-20/h3-13,18,21,30H,1,14-17H2,2H3/t21-,24-,25-/m0/s1. The van der Waals surface area contributed by atoms with Crippen molar-refractivity contribution >= 4 is 18.3 Å². The van der Waals surface area contributed by atoms with Gasteiger partial charge in [0.1, 0.15) is 12.2 Å². The number of hydrogen-bond donors (Lipinski definition) is 1. The molecule has 0 unspecified atom stereocenters. The highest BCUT2D eigenvalue weighted by Crippen LogP contribution is 2.45. The van der Waals surface area contributed by atoms with Crippen molar-refractivity contribution in [1.29, 1.82) is 0 Å². The maximum atomic E-state index is 13.2. The molecule has 7 heteroatoms. The summed E-state index contributed by atoms with van der Waals surface area (Å²) >= 11 is 0. The fourth-order valence-corrected chi connectivity index (χ4v) is 4.00. The van der Waals surface area contributed by atoms with E-state index >= 15 is 0 Å². The summed E-state index contributed by atoms with van der Waals surface area (Å²) in [6.45, 7) is 5.38. The first-order valence-electron chi connectivity index (χ1n) is 10.4. The van der Waals surface area contributed by atoms with Crippen LogP contribution in [0.1, 0.15) is 24.5 Å². The lowest BCUT2D eigenvalue weighted by Gasteiger charge is -2.37. The van der Waals surface area contributed by atoms with Crippen LogP contribution in [0.3, 0.4) is 0 Å². The normalized spacial score (nSPS) is 24.9. The molecule has 0 saturated carbocycles. The zero-order valence-corrected chi connectivity index (χ0v) is 18.0. The number of aldehydes is 1. The number of hydrogen-bond acceptors (Lipinski definition) is 6. The molecule has 0 bridgehead atoms. The third-order valence-corrected chi connectivity index (χ3v) is 5.92. The average molecular weight is 437 g/mol. The van der Waals surface area contributed by atoms with E-state index in [0.29, 0.717) is 17.8 Å². The van der Waals surface area contributed by atoms with Crippen LogP contribution in [0.15, 0.2) is 73.3 Å². The van der Waals surface area contributed by atoms with Crippen molar-refractivity contribution < 1.29 is 29.0 Å². The Bertz CT molecular complexity index is 949. The summed E-state index contributed by atoms with van der Waals surface area (Å²) in [5.41, 5.74) is -2.13. The second-order valence-corrected chi connectivity index (χ2v) is 7.89. The van der Waals surface area contributed by atoms with E-state index in [1.807, 2.05) is 36.4 Å². The van der Waals surface area contributed by atoms with Crippen molar-refractivity contribution in [3.8, 4) is 0 Å². The van der Waals surface area contributed by atoms with E-state index in [0.717, 1.165) is 17.2 Å². The van der Waals surface area contributed by atoms with Gasteiger partial charge in [0.05, 0.1) is 12.5 Å². The second-order valence-electron chi connectivity index (χ2n) is 7.89. The Morgan fingerprint density at radius 1 is 1.09 bits per heavy atom. The average Bonchev–Trinajstić information content (AvgIpc) is 2.98. The summed E-state index contributed by atoms with van der Waals surface area (Å²) in [6.07, 6.45) is 0.586. The molecular weight excluding hydrogens is 410 g/mol. The number of benzene rings is 2. The summed E-state index contributed by atoms with van der Waals surface area (Å²) in [4.78, 5) is 38.8. The fourth-order valence-electron chi connectivity index (χ4n) is 4.00. The topological polar surface area (TPSA) is 93.1 Å². The third kappa shape index (κ3) is 4.35. The lowest BCUT2D eigenvalue weighted by Crippen LogP contribution is -2.59. The highest BCUT2D eigenvalue weighted by atomic mass is 16.6. The van der Waals surface area contributed by atoms with Gasteiger partial charge in [-0.1, -0.05) is 66.7 Å². The SMILES string of the molecule is C=C[C@@]1(C=O)N(C(=O)OCc2ccccc2)C(=O)[C@H](CCOCc2ccccc2)[C@]1(C)O. The molecule has 0 aliphatic carbocycles. The summed E-state index contributed by atoms with van der Waals surface area (Å²) in [5.74, 6) is -1.76. The first-order chi connectivity index (χ1) is 15.4. The number of amides is 2. The van der Waals surface area contributed by atoms with Gasteiger partial charge in [0.15, 0.2) is 11.8 Å². The fraction of sp³-hybridized carbons (Fsp3) is 0.320. The predicted octanol–water partition coefficient (Wildman–Crippen LogP) is 3.26. The number of ether oxygens (including phenoxy) is 2. The molecule has 3 rings (SSSR count). The van der Waals surface area contributed by atoms with Gasteiger partial charge >= 0.3 is 6.09 Å². The van der Waals surface area contributed by atoms with Gasteiger partial charge < -0.3 is 19.4 Å². The Balaban J connectivity index is 1.73. The van der Waals surface area contributed by atoms with Crippen LogP contribution in [0.4, 0.5) is 4.79 Å². The zero-order valence-electron chi connectivity index (χ0n) is 18.0. The molecular formula is C25H27NO6. The first-order valence-corrected chi connectivity index (χ1v) is 10.4. The lowest BCUT2D eigenvalue weighted by molar-refractivity contribution is -0.134. The van der Waals surface area contributed by atoms with E-state index in [9.17, 15) is 19.5 Å². The first kappa shape index (κ1) is 23.4. The highest BCUT2D eigenvalue weighted by molar-refractivity contribution is 6.03. The minimum atomic E-state index is -1.94. The maximum Gasteiger partial charge on any atom is 0.418 e. The van der Waals surface area contributed by atoms with Crippen molar-refractivity contribution in [3.05, 3.63) is 84.4 Å². The van der Waals surface area contributed by atoms with E-state index in [-0.39, 0.29) is 19.6 Å². The minimum Gasteiger partial charge on any atom is -0.444 e. The zero-order chi connectivity index (χ0) is 23.2. The van der Waals surface area contributed by atoms with E-state index in [1.165, 1.54) is 6.92 Å². The second kappa shape index (κ2) is 9.89. The molecule has 1 heterocycles. The van der Waals surface area contributed by atoms with Gasteiger partial charge in [0.2, 0.25) is 5.91 Å². The number of rotatable bonds is 9. The van der Waals surface area contributed by atoms with Crippen LogP contribution in [0.2, 0.25) is 0 Å². The van der Waals surface area contributed by atoms with Gasteiger partial charge in [-0.15, -0.1) is 6.58 Å². The van der Waals surface area contributed by atoms with Gasteiger partial charge in [-0.25, -0.2) is 9.69 Å². The highest BCUT2D eigenvalue weighted by Gasteiger charge is 2.66. The number of aliphatic hydroxyl groups is 1. The van der Waals surface area contributed by atoms with Crippen molar-refractivity contribution in [2.45, 2.75) is 37.7 Å². The molecule has 2 amide bonds. The van der Waals surface area contributed by atoms with Crippen molar-refractivity contribution in [2.75, 3.05) is 6.61 Å². The summed E-state index contributed by atoms with van der Waals surface area (Å²) in [6, 6.07) is 18.5. The Morgan fingerprint density at radius 2 is 1.66 bits per heavy atom. The molecule has 0 aromatic heterocycles. The van der Waals surface area contributed by atoms with Gasteiger partial charge in [-0.05, 0) is 24.5 Å². The molecule has 2 aromatic carbocycles. The van der Waals surface area contributed by atoms with Crippen LogP contribution in [-0.4, -0.2) is 46.0 Å². The van der Waals surface area contributed by atoms with Crippen LogP contribution in [0, 0.1) is 5.92 Å². The number of carbonyl (C=O) groups is 3. The molecule has 3 atom stereocenters. The van der Waals surface area contributed by atoms with Crippen molar-refractivity contribution in [3.63, 3.8) is 0 Å². The molecule has 0 spiro atoms. The number of likely N-dealkylation sites (tertiary alicyclic amines) is 1. The molecule has 1 saturated heterocycles. The minimum absolute atomic E-state index is 0.0808. The summed E-state index contributed by atoms with van der Waals surface area (Å²) in [5, 5.41) is 11.2. The quantitative estimate of drug-likeness (QED) is 0.368. The number of carbonyl (C=O) groups excluding carboxylic acids is 3. The molecule has 1 fully saturated rings. The van der Waals surface area contributed by atoms with Crippen LogP contribution < -0.4 is 0 Å². The van der Waals surface area contributed by atoms with Crippen molar-refractivity contribution in [2.24, 2.45) is 5.92 Å². The molecule has 2 aromatic rings. The van der Waals surface area contributed by atoms with Gasteiger partial charge in [-0.2, -0.15) is 0 Å². The molecule has 7 nitrogen and oxygen atoms in total. The molecule has 1 aliphatic rings. The number of imide groups is 1. The van der Waals surface area contributed by atoms with Gasteiger partial charge in [-0.3, -0.25) is 4.79 Å². The van der Waals surface area contributed by atoms with E-state index in [2.05, 4.69) is 6.58 Å². The van der Waals surface area contributed by atoms with Crippen LogP contribution in [0.25, 0.3) is 0 Å². The van der Waals surface area contributed by atoms with E-state index < -0.39 is 29.1 Å². The Kier molecular flexibility index (Phi) is 7.22. The summed E-state index contributed by atoms with van der Waals surface area (Å²) < 4.78 is 10.9. The van der Waals surface area contributed by atoms with Crippen LogP contribution in [-0.2, 0) is 32.3 Å². The number of nitrogens with zero attached hydrogens (tertiary/aromatic N) is 1. The van der Waals surface area contributed by atoms with E-state index in [4.69, 9.17) is 9.47 Å². The smallest absolute Gasteiger partial charge is 0.418 e. The van der Waals surface area contributed by atoms with Crippen LogP contribution in [0.5, 0.6) is 0 Å². The largest absolute Gasteiger partial charge is 0.444 e. The molecule has 32 heavy (non-hydrogen) atoms. The van der Waals surface area contributed by atoms with Crippen molar-refractivity contribution in [1.82, 2.24) is 4.90 Å². The molecule has 0 radical (unpaired) electrons. The lowest BCUT2D eigenvalue weighted by atomic mass is 9.76. The van der Waals surface area contributed by atoms with E-state index in [1.54, 1.807) is 24.3 Å². The predicted molar refractivity (Wildman–Crippen MR) is 117 cm³/mol. The Morgan fingerprint density at radius 3 is 2.19 bits per heavy atom. The molecule has 1 aliphatic heterocycles. The van der Waals surface area contributed by atoms with Gasteiger partial charge in [0, 0.05) is 6.61 Å². The van der Waals surface area contributed by atoms with Gasteiger partial charge in [0.25, 0.3) is 0 Å². The monoisotopic (exact) mass is 437 g/mol.